The molecule has 2 N–H and O–H groups in total. The molecule has 0 saturated heterocycles. The maximum Gasteiger partial charge on any atom is 0.179 e. The van der Waals surface area contributed by atoms with E-state index in [1.807, 2.05) is 6.07 Å². The van der Waals surface area contributed by atoms with Gasteiger partial charge < -0.3 is 10.5 Å². The Hall–Kier alpha value is -1.78. The van der Waals surface area contributed by atoms with Crippen molar-refractivity contribution >= 4 is 16.7 Å². The first-order valence-corrected chi connectivity index (χ1v) is 6.73. The van der Waals surface area contributed by atoms with Crippen molar-refractivity contribution in [2.75, 3.05) is 5.73 Å². The van der Waals surface area contributed by atoms with E-state index in [4.69, 9.17) is 15.1 Å². The summed E-state index contributed by atoms with van der Waals surface area (Å²) in [4.78, 5) is 0. The Balaban J connectivity index is 1.79. The van der Waals surface area contributed by atoms with E-state index in [-0.39, 0.29) is 6.10 Å². The number of nitrogen functional groups attached to an aromatic ring is 1. The molecule has 1 heterocycles. The van der Waals surface area contributed by atoms with Crippen LogP contribution >= 0.6 is 0 Å². The van der Waals surface area contributed by atoms with E-state index in [0.29, 0.717) is 22.1 Å². The molecule has 0 spiro atoms. The summed E-state index contributed by atoms with van der Waals surface area (Å²) >= 11 is 0. The average molecular weight is 261 g/mol. The minimum absolute atomic E-state index is 0.247. The molecule has 5 heteroatoms. The molecule has 1 aromatic heterocycles. The Bertz CT molecular complexity index is 581. The molecule has 1 aliphatic rings. The number of anilines is 1. The van der Waals surface area contributed by atoms with Crippen LogP contribution in [0.4, 0.5) is 5.69 Å². The number of aromatic nitrogens is 2. The lowest BCUT2D eigenvalue weighted by Gasteiger charge is -2.34. The van der Waals surface area contributed by atoms with E-state index < -0.39 is 0 Å². The van der Waals surface area contributed by atoms with Gasteiger partial charge in [0.2, 0.25) is 0 Å². The summed E-state index contributed by atoms with van der Waals surface area (Å²) in [6.45, 7) is 4.62. The maximum absolute atomic E-state index is 6.06. The predicted molar refractivity (Wildman–Crippen MR) is 72.9 cm³/mol. The summed E-state index contributed by atoms with van der Waals surface area (Å²) in [5.74, 6) is 0.718. The van der Waals surface area contributed by atoms with Gasteiger partial charge in [0.05, 0.1) is 11.8 Å². The number of benzene rings is 1. The van der Waals surface area contributed by atoms with Crippen LogP contribution in [0.15, 0.2) is 16.8 Å². The van der Waals surface area contributed by atoms with Crippen LogP contribution < -0.4 is 10.5 Å². The average Bonchev–Trinajstić information content (AvgIpc) is 2.85. The lowest BCUT2D eigenvalue weighted by atomic mass is 9.76. The Labute approximate surface area is 112 Å². The zero-order valence-corrected chi connectivity index (χ0v) is 11.3. The van der Waals surface area contributed by atoms with Crippen LogP contribution in [-0.2, 0) is 0 Å². The quantitative estimate of drug-likeness (QED) is 0.840. The Morgan fingerprint density at radius 3 is 2.63 bits per heavy atom. The van der Waals surface area contributed by atoms with E-state index in [0.717, 1.165) is 18.6 Å². The van der Waals surface area contributed by atoms with Crippen LogP contribution in [0.2, 0.25) is 0 Å². The predicted octanol–water partition coefficient (Wildman–Crippen LogP) is 3.15. The highest BCUT2D eigenvalue weighted by Gasteiger charge is 2.28. The van der Waals surface area contributed by atoms with Gasteiger partial charge in [0.1, 0.15) is 0 Å². The highest BCUT2D eigenvalue weighted by Crippen LogP contribution is 2.37. The van der Waals surface area contributed by atoms with Gasteiger partial charge in [-0.25, -0.2) is 4.63 Å². The topological polar surface area (TPSA) is 74.2 Å². The Morgan fingerprint density at radius 1 is 1.21 bits per heavy atom. The first kappa shape index (κ1) is 12.3. The van der Waals surface area contributed by atoms with Crippen LogP contribution in [0, 0.1) is 5.41 Å². The van der Waals surface area contributed by atoms with Gasteiger partial charge in [-0.2, -0.15) is 0 Å². The summed E-state index contributed by atoms with van der Waals surface area (Å²) in [7, 11) is 0. The maximum atomic E-state index is 6.06. The molecule has 1 aromatic carbocycles. The van der Waals surface area contributed by atoms with Gasteiger partial charge >= 0.3 is 0 Å². The summed E-state index contributed by atoms with van der Waals surface area (Å²) in [5, 5.41) is 7.69. The fourth-order valence-electron chi connectivity index (χ4n) is 2.63. The van der Waals surface area contributed by atoms with E-state index in [1.54, 1.807) is 6.07 Å². The molecule has 2 aromatic rings. The Morgan fingerprint density at radius 2 is 1.89 bits per heavy atom. The molecule has 102 valence electrons. The van der Waals surface area contributed by atoms with Crippen LogP contribution in [-0.4, -0.2) is 16.4 Å². The standard InChI is InChI=1S/C14H19N3O2/c1-14(2)7-5-9(6-8-14)18-11-4-3-10(15)12-13(11)17-19-16-12/h3-4,9H,5-8,15H2,1-2H3. The second kappa shape index (κ2) is 4.40. The van der Waals surface area contributed by atoms with Gasteiger partial charge in [0, 0.05) is 0 Å². The number of hydrogen-bond donors (Lipinski definition) is 1. The SMILES string of the molecule is CC1(C)CCC(Oc2ccc(N)c3nonc23)CC1. The fraction of sp³-hybridized carbons (Fsp3) is 0.571. The van der Waals surface area contributed by atoms with Gasteiger partial charge in [-0.1, -0.05) is 13.8 Å². The largest absolute Gasteiger partial charge is 0.488 e. The molecule has 1 saturated carbocycles. The van der Waals surface area contributed by atoms with Gasteiger partial charge in [0.15, 0.2) is 16.8 Å². The zero-order valence-electron chi connectivity index (χ0n) is 11.3. The molecule has 0 aliphatic heterocycles. The van der Waals surface area contributed by atoms with Crippen molar-refractivity contribution in [1.29, 1.82) is 0 Å². The number of hydrogen-bond acceptors (Lipinski definition) is 5. The van der Waals surface area contributed by atoms with Gasteiger partial charge in [-0.3, -0.25) is 0 Å². The molecule has 0 atom stereocenters. The second-order valence-electron chi connectivity index (χ2n) is 6.10. The molecular formula is C14H19N3O2. The van der Waals surface area contributed by atoms with E-state index >= 15 is 0 Å². The van der Waals surface area contributed by atoms with Crippen molar-refractivity contribution in [3.63, 3.8) is 0 Å². The number of rotatable bonds is 2. The second-order valence-corrected chi connectivity index (χ2v) is 6.10. The molecule has 5 nitrogen and oxygen atoms in total. The van der Waals surface area contributed by atoms with Crippen molar-refractivity contribution in [3.05, 3.63) is 12.1 Å². The number of nitrogens with two attached hydrogens (primary N) is 1. The molecule has 3 rings (SSSR count). The zero-order chi connectivity index (χ0) is 13.5. The third-order valence-corrected chi connectivity index (χ3v) is 3.99. The smallest absolute Gasteiger partial charge is 0.179 e. The number of nitrogens with zero attached hydrogens (tertiary/aromatic N) is 2. The van der Waals surface area contributed by atoms with Crippen molar-refractivity contribution in [2.45, 2.75) is 45.6 Å². The molecule has 0 radical (unpaired) electrons. The summed E-state index contributed by atoms with van der Waals surface area (Å²) < 4.78 is 10.8. The van der Waals surface area contributed by atoms with Crippen molar-refractivity contribution in [1.82, 2.24) is 10.3 Å². The van der Waals surface area contributed by atoms with E-state index in [2.05, 4.69) is 24.2 Å². The van der Waals surface area contributed by atoms with Gasteiger partial charge in [-0.05, 0) is 53.5 Å². The molecular weight excluding hydrogens is 242 g/mol. The van der Waals surface area contributed by atoms with E-state index in [1.165, 1.54) is 12.8 Å². The monoisotopic (exact) mass is 261 g/mol. The molecule has 1 aliphatic carbocycles. The number of fused-ring (bicyclic) bond motifs is 1. The van der Waals surface area contributed by atoms with Crippen molar-refractivity contribution in [3.8, 4) is 5.75 Å². The van der Waals surface area contributed by atoms with Crippen LogP contribution in [0.5, 0.6) is 5.75 Å². The molecule has 1 fully saturated rings. The lowest BCUT2D eigenvalue weighted by Crippen LogP contribution is -2.28. The first-order valence-electron chi connectivity index (χ1n) is 6.73. The van der Waals surface area contributed by atoms with Gasteiger partial charge in [-0.15, -0.1) is 0 Å². The molecule has 0 bridgehead atoms. The number of ether oxygens (including phenoxy) is 1. The Kier molecular flexibility index (Phi) is 2.84. The highest BCUT2D eigenvalue weighted by molar-refractivity contribution is 5.90. The normalized spacial score (nSPS) is 19.7. The minimum atomic E-state index is 0.247. The summed E-state index contributed by atoms with van der Waals surface area (Å²) in [6, 6.07) is 3.64. The summed E-state index contributed by atoms with van der Waals surface area (Å²) in [6.07, 6.45) is 4.77. The van der Waals surface area contributed by atoms with Crippen LogP contribution in [0.3, 0.4) is 0 Å². The highest BCUT2D eigenvalue weighted by atomic mass is 16.6. The van der Waals surface area contributed by atoms with E-state index in [9.17, 15) is 0 Å². The third-order valence-electron chi connectivity index (χ3n) is 3.99. The van der Waals surface area contributed by atoms with Crippen LogP contribution in [0.25, 0.3) is 11.0 Å². The molecule has 0 amide bonds. The van der Waals surface area contributed by atoms with Crippen LogP contribution in [0.1, 0.15) is 39.5 Å². The van der Waals surface area contributed by atoms with Gasteiger partial charge in [0.25, 0.3) is 0 Å². The molecule has 0 unspecified atom stereocenters. The van der Waals surface area contributed by atoms with Crippen molar-refractivity contribution < 1.29 is 9.37 Å². The fourth-order valence-corrected chi connectivity index (χ4v) is 2.63. The molecule has 19 heavy (non-hydrogen) atoms. The summed E-state index contributed by atoms with van der Waals surface area (Å²) in [5.41, 5.74) is 8.01. The first-order chi connectivity index (χ1) is 9.05. The lowest BCUT2D eigenvalue weighted by molar-refractivity contribution is 0.0997. The third kappa shape index (κ3) is 2.37. The minimum Gasteiger partial charge on any atom is -0.488 e. The van der Waals surface area contributed by atoms with Crippen molar-refractivity contribution in [2.24, 2.45) is 5.41 Å².